The van der Waals surface area contributed by atoms with E-state index in [2.05, 4.69) is 0 Å². The second-order valence-corrected chi connectivity index (χ2v) is 4.76. The number of hydrogen-bond acceptors (Lipinski definition) is 5. The zero-order valence-corrected chi connectivity index (χ0v) is 12.3. The Hall–Kier alpha value is -1.27. The standard InChI is InChI=1S/C14H19ClO5/c1-8(16)12(14(18)19-3)13(17)9(2)20-11-6-4-10(15)5-7-11/h4-9,14,16-18H,1-3H3/b13-12+. The maximum Gasteiger partial charge on any atom is 0.182 e. The van der Waals surface area contributed by atoms with E-state index >= 15 is 0 Å². The molecule has 0 saturated heterocycles. The summed E-state index contributed by atoms with van der Waals surface area (Å²) in [6, 6.07) is 6.62. The minimum Gasteiger partial charge on any atom is -0.508 e. The van der Waals surface area contributed by atoms with Crippen molar-refractivity contribution in [2.45, 2.75) is 32.3 Å². The number of aliphatic hydroxyl groups excluding tert-OH is 3. The Morgan fingerprint density at radius 3 is 2.15 bits per heavy atom. The van der Waals surface area contributed by atoms with Crippen LogP contribution in [-0.2, 0) is 4.74 Å². The van der Waals surface area contributed by atoms with Crippen LogP contribution in [0.25, 0.3) is 0 Å². The molecule has 1 rings (SSSR count). The van der Waals surface area contributed by atoms with Crippen molar-refractivity contribution in [3.63, 3.8) is 0 Å². The van der Waals surface area contributed by atoms with Crippen LogP contribution in [0.5, 0.6) is 5.75 Å². The van der Waals surface area contributed by atoms with Crippen molar-refractivity contribution < 1.29 is 24.8 Å². The quantitative estimate of drug-likeness (QED) is 0.555. The molecular weight excluding hydrogens is 284 g/mol. The third-order valence-corrected chi connectivity index (χ3v) is 3.00. The van der Waals surface area contributed by atoms with Crippen molar-refractivity contribution in [1.29, 1.82) is 0 Å². The van der Waals surface area contributed by atoms with Gasteiger partial charge in [-0.2, -0.15) is 0 Å². The zero-order valence-electron chi connectivity index (χ0n) is 11.6. The number of ether oxygens (including phenoxy) is 2. The summed E-state index contributed by atoms with van der Waals surface area (Å²) in [4.78, 5) is 0. The van der Waals surface area contributed by atoms with Crippen LogP contribution in [0.15, 0.2) is 35.6 Å². The van der Waals surface area contributed by atoms with E-state index in [0.29, 0.717) is 10.8 Å². The first-order valence-electron chi connectivity index (χ1n) is 6.10. The molecule has 0 aromatic heterocycles. The molecule has 3 N–H and O–H groups in total. The monoisotopic (exact) mass is 302 g/mol. The smallest absolute Gasteiger partial charge is 0.182 e. The van der Waals surface area contributed by atoms with E-state index in [1.807, 2.05) is 0 Å². The number of hydrogen-bond donors (Lipinski definition) is 3. The largest absolute Gasteiger partial charge is 0.508 e. The Balaban J connectivity index is 2.92. The fourth-order valence-corrected chi connectivity index (χ4v) is 1.81. The number of methoxy groups -OCH3 is 1. The van der Waals surface area contributed by atoms with Crippen LogP contribution in [0.4, 0.5) is 0 Å². The summed E-state index contributed by atoms with van der Waals surface area (Å²) in [5, 5.41) is 29.9. The van der Waals surface area contributed by atoms with Crippen molar-refractivity contribution in [2.24, 2.45) is 0 Å². The van der Waals surface area contributed by atoms with Gasteiger partial charge in [0, 0.05) is 12.1 Å². The van der Waals surface area contributed by atoms with E-state index in [4.69, 9.17) is 21.1 Å². The summed E-state index contributed by atoms with van der Waals surface area (Å²) in [7, 11) is 1.27. The highest BCUT2D eigenvalue weighted by Gasteiger charge is 2.24. The molecule has 112 valence electrons. The van der Waals surface area contributed by atoms with Gasteiger partial charge in [-0.15, -0.1) is 0 Å². The van der Waals surface area contributed by atoms with Gasteiger partial charge in [-0.1, -0.05) is 11.6 Å². The highest BCUT2D eigenvalue weighted by Crippen LogP contribution is 2.21. The van der Waals surface area contributed by atoms with Crippen LogP contribution in [0.2, 0.25) is 5.02 Å². The average molecular weight is 303 g/mol. The first kappa shape index (κ1) is 16.8. The molecule has 0 fully saturated rings. The lowest BCUT2D eigenvalue weighted by Gasteiger charge is -2.22. The fraction of sp³-hybridized carbons (Fsp3) is 0.429. The number of halogens is 1. The summed E-state index contributed by atoms with van der Waals surface area (Å²) < 4.78 is 10.2. The molecule has 3 unspecified atom stereocenters. The van der Waals surface area contributed by atoms with Gasteiger partial charge in [0.25, 0.3) is 0 Å². The van der Waals surface area contributed by atoms with Crippen molar-refractivity contribution in [3.05, 3.63) is 40.6 Å². The molecule has 20 heavy (non-hydrogen) atoms. The number of rotatable bonds is 6. The second-order valence-electron chi connectivity index (χ2n) is 4.32. The SMILES string of the molecule is COC(O)/C(=C(/O)C(C)Oc1ccc(Cl)cc1)C(C)O. The molecule has 0 aliphatic rings. The van der Waals surface area contributed by atoms with Gasteiger partial charge in [0.2, 0.25) is 0 Å². The highest BCUT2D eigenvalue weighted by atomic mass is 35.5. The van der Waals surface area contributed by atoms with Crippen LogP contribution in [0.3, 0.4) is 0 Å². The average Bonchev–Trinajstić information content (AvgIpc) is 2.40. The lowest BCUT2D eigenvalue weighted by molar-refractivity contribution is -0.0607. The van der Waals surface area contributed by atoms with Gasteiger partial charge in [-0.25, -0.2) is 0 Å². The third kappa shape index (κ3) is 4.38. The molecule has 5 nitrogen and oxygen atoms in total. The van der Waals surface area contributed by atoms with E-state index < -0.39 is 18.5 Å². The lowest BCUT2D eigenvalue weighted by Crippen LogP contribution is -2.28. The minimum absolute atomic E-state index is 0.0334. The van der Waals surface area contributed by atoms with E-state index in [-0.39, 0.29) is 11.3 Å². The van der Waals surface area contributed by atoms with Crippen LogP contribution in [-0.4, -0.2) is 40.9 Å². The molecule has 1 aromatic carbocycles. The number of aliphatic hydroxyl groups is 3. The molecular formula is C14H19ClO5. The lowest BCUT2D eigenvalue weighted by atomic mass is 10.1. The van der Waals surface area contributed by atoms with Crippen molar-refractivity contribution in [1.82, 2.24) is 0 Å². The Kier molecular flexibility index (Phi) is 6.29. The first-order valence-corrected chi connectivity index (χ1v) is 6.48. The minimum atomic E-state index is -1.40. The van der Waals surface area contributed by atoms with Gasteiger partial charge in [-0.05, 0) is 38.1 Å². The van der Waals surface area contributed by atoms with Gasteiger partial charge in [-0.3, -0.25) is 0 Å². The highest BCUT2D eigenvalue weighted by molar-refractivity contribution is 6.30. The molecule has 0 spiro atoms. The van der Waals surface area contributed by atoms with E-state index in [1.165, 1.54) is 14.0 Å². The second kappa shape index (κ2) is 7.50. The van der Waals surface area contributed by atoms with Gasteiger partial charge in [0.1, 0.15) is 11.5 Å². The van der Waals surface area contributed by atoms with Gasteiger partial charge >= 0.3 is 0 Å². The molecule has 0 saturated carbocycles. The molecule has 0 aliphatic heterocycles. The predicted molar refractivity (Wildman–Crippen MR) is 75.9 cm³/mol. The maximum absolute atomic E-state index is 10.1. The molecule has 3 atom stereocenters. The molecule has 0 aliphatic carbocycles. The molecule has 0 radical (unpaired) electrons. The van der Waals surface area contributed by atoms with Gasteiger partial charge in [0.05, 0.1) is 11.7 Å². The molecule has 0 amide bonds. The van der Waals surface area contributed by atoms with E-state index in [0.717, 1.165) is 0 Å². The molecule has 0 bridgehead atoms. The van der Waals surface area contributed by atoms with Crippen molar-refractivity contribution in [3.8, 4) is 5.75 Å². The Morgan fingerprint density at radius 1 is 1.15 bits per heavy atom. The van der Waals surface area contributed by atoms with E-state index in [9.17, 15) is 15.3 Å². The maximum atomic E-state index is 10.1. The molecule has 6 heteroatoms. The summed E-state index contributed by atoms with van der Waals surface area (Å²) in [5.41, 5.74) is -0.0334. The van der Waals surface area contributed by atoms with Gasteiger partial charge < -0.3 is 24.8 Å². The van der Waals surface area contributed by atoms with E-state index in [1.54, 1.807) is 31.2 Å². The third-order valence-electron chi connectivity index (χ3n) is 2.75. The topological polar surface area (TPSA) is 79.2 Å². The fourth-order valence-electron chi connectivity index (χ4n) is 1.68. The summed E-state index contributed by atoms with van der Waals surface area (Å²) in [5.74, 6) is 0.231. The van der Waals surface area contributed by atoms with Crippen LogP contribution >= 0.6 is 11.6 Å². The van der Waals surface area contributed by atoms with Crippen LogP contribution in [0, 0.1) is 0 Å². The Bertz CT molecular complexity index is 455. The Labute approximate surface area is 123 Å². The summed E-state index contributed by atoms with van der Waals surface area (Å²) in [6.07, 6.45) is -3.22. The first-order chi connectivity index (χ1) is 9.36. The Morgan fingerprint density at radius 2 is 1.70 bits per heavy atom. The normalized spacial score (nSPS) is 17.1. The van der Waals surface area contributed by atoms with Crippen LogP contribution < -0.4 is 4.74 Å². The zero-order chi connectivity index (χ0) is 15.3. The predicted octanol–water partition coefficient (Wildman–Crippen LogP) is 2.27. The summed E-state index contributed by atoms with van der Waals surface area (Å²) in [6.45, 7) is 3.01. The van der Waals surface area contributed by atoms with Crippen LogP contribution in [0.1, 0.15) is 13.8 Å². The molecule has 1 aromatic rings. The molecule has 0 heterocycles. The van der Waals surface area contributed by atoms with Crippen molar-refractivity contribution >= 4 is 11.6 Å². The number of benzene rings is 1. The van der Waals surface area contributed by atoms with Gasteiger partial charge in [0.15, 0.2) is 12.4 Å². The van der Waals surface area contributed by atoms with Crippen molar-refractivity contribution in [2.75, 3.05) is 7.11 Å². The summed E-state index contributed by atoms with van der Waals surface area (Å²) >= 11 is 5.77.